The van der Waals surface area contributed by atoms with Crippen molar-refractivity contribution >= 4 is 17.5 Å². The van der Waals surface area contributed by atoms with Gasteiger partial charge in [-0.2, -0.15) is 0 Å². The minimum absolute atomic E-state index is 0.0179. The molecular formula is C16H22N4O4. The molecule has 0 unspecified atom stereocenters. The first-order chi connectivity index (χ1) is 11.2. The fourth-order valence-electron chi connectivity index (χ4n) is 3.72. The molecule has 8 nitrogen and oxygen atoms in total. The maximum atomic E-state index is 12.3. The molecule has 8 heteroatoms. The summed E-state index contributed by atoms with van der Waals surface area (Å²) in [6, 6.07) is 1.53. The van der Waals surface area contributed by atoms with Crippen molar-refractivity contribution in [3.8, 4) is 0 Å². The highest BCUT2D eigenvalue weighted by atomic mass is 16.6. The Kier molecular flexibility index (Phi) is 3.85. The fourth-order valence-corrected chi connectivity index (χ4v) is 3.72. The molecule has 3 heterocycles. The maximum Gasteiger partial charge on any atom is 0.411 e. The number of carbonyl (C=O) groups excluding carboxylic acids is 1. The summed E-state index contributed by atoms with van der Waals surface area (Å²) in [6.45, 7) is 9.01. The van der Waals surface area contributed by atoms with E-state index in [0.717, 1.165) is 0 Å². The first-order valence-corrected chi connectivity index (χ1v) is 8.03. The Morgan fingerprint density at radius 1 is 1.38 bits per heavy atom. The number of nitro groups is 1. The Hall–Kier alpha value is -2.38. The van der Waals surface area contributed by atoms with Crippen LogP contribution in [0.2, 0.25) is 0 Å². The molecule has 2 saturated heterocycles. The lowest BCUT2D eigenvalue weighted by Crippen LogP contribution is -2.58. The molecule has 2 aliphatic rings. The highest BCUT2D eigenvalue weighted by Gasteiger charge is 2.52. The topological polar surface area (TPSA) is 88.8 Å². The molecule has 2 aliphatic heterocycles. The number of amides is 1. The Morgan fingerprint density at radius 2 is 2.08 bits per heavy atom. The van der Waals surface area contributed by atoms with E-state index < -0.39 is 4.92 Å². The van der Waals surface area contributed by atoms with Gasteiger partial charge in [0.25, 0.3) is 0 Å². The largest absolute Gasteiger partial charge is 0.443 e. The van der Waals surface area contributed by atoms with Crippen LogP contribution in [0.15, 0.2) is 18.5 Å². The van der Waals surface area contributed by atoms with E-state index in [0.29, 0.717) is 18.8 Å². The molecule has 3 rings (SSSR count). The number of anilines is 1. The van der Waals surface area contributed by atoms with Gasteiger partial charge < -0.3 is 9.64 Å². The van der Waals surface area contributed by atoms with Crippen molar-refractivity contribution < 1.29 is 14.5 Å². The lowest BCUT2D eigenvalue weighted by Gasteiger charge is -2.43. The van der Waals surface area contributed by atoms with E-state index in [9.17, 15) is 14.9 Å². The molecule has 1 aromatic heterocycles. The van der Waals surface area contributed by atoms with Gasteiger partial charge in [0, 0.05) is 30.7 Å². The van der Waals surface area contributed by atoms with E-state index >= 15 is 0 Å². The van der Waals surface area contributed by atoms with Gasteiger partial charge in [-0.25, -0.2) is 4.79 Å². The van der Waals surface area contributed by atoms with Crippen LogP contribution in [-0.2, 0) is 4.74 Å². The van der Waals surface area contributed by atoms with Crippen molar-refractivity contribution in [2.75, 3.05) is 18.0 Å². The van der Waals surface area contributed by atoms with Gasteiger partial charge in [0.2, 0.25) is 0 Å². The number of hydrogen-bond acceptors (Lipinski definition) is 6. The molecule has 130 valence electrons. The zero-order valence-corrected chi connectivity index (χ0v) is 14.3. The smallest absolute Gasteiger partial charge is 0.411 e. The molecule has 0 bridgehead atoms. The van der Waals surface area contributed by atoms with Gasteiger partial charge in [0.1, 0.15) is 18.0 Å². The van der Waals surface area contributed by atoms with Crippen molar-refractivity contribution in [2.24, 2.45) is 5.92 Å². The Morgan fingerprint density at radius 3 is 2.71 bits per heavy atom. The lowest BCUT2D eigenvalue weighted by molar-refractivity contribution is -0.384. The van der Waals surface area contributed by atoms with Crippen LogP contribution in [0.1, 0.15) is 27.7 Å². The maximum absolute atomic E-state index is 12.3. The van der Waals surface area contributed by atoms with E-state index in [2.05, 4.69) is 4.98 Å². The molecule has 2 fully saturated rings. The molecule has 0 radical (unpaired) electrons. The zero-order chi connectivity index (χ0) is 17.6. The van der Waals surface area contributed by atoms with E-state index in [1.54, 1.807) is 17.2 Å². The predicted molar refractivity (Wildman–Crippen MR) is 87.9 cm³/mol. The van der Waals surface area contributed by atoms with E-state index in [1.807, 2.05) is 32.6 Å². The van der Waals surface area contributed by atoms with Crippen LogP contribution in [0, 0.1) is 16.0 Å². The number of pyridine rings is 1. The third-order valence-electron chi connectivity index (χ3n) is 4.66. The van der Waals surface area contributed by atoms with Gasteiger partial charge in [0.15, 0.2) is 0 Å². The van der Waals surface area contributed by atoms with Gasteiger partial charge in [0.05, 0.1) is 11.0 Å². The summed E-state index contributed by atoms with van der Waals surface area (Å²) in [4.78, 5) is 30.8. The molecule has 3 atom stereocenters. The normalized spacial score (nSPS) is 27.0. The second-order valence-corrected chi connectivity index (χ2v) is 7.46. The van der Waals surface area contributed by atoms with Gasteiger partial charge >= 0.3 is 11.8 Å². The van der Waals surface area contributed by atoms with E-state index in [4.69, 9.17) is 4.74 Å². The molecule has 0 N–H and O–H groups in total. The first kappa shape index (κ1) is 16.5. The van der Waals surface area contributed by atoms with Crippen LogP contribution >= 0.6 is 0 Å². The van der Waals surface area contributed by atoms with Crippen LogP contribution in [0.25, 0.3) is 0 Å². The second-order valence-electron chi connectivity index (χ2n) is 7.46. The molecular weight excluding hydrogens is 312 g/mol. The minimum atomic E-state index is -0.420. The Labute approximate surface area is 140 Å². The standard InChI is InChI=1S/C16H22N4O4/c1-10-8-18(11-5-6-17-7-12(11)20(22)23)9-13-14(10)24-15(21)19(13)16(2,3)4/h5-7,10,13-14H,8-9H2,1-4H3/t10-,13+,14+/m0/s1. The molecule has 0 aromatic carbocycles. The Balaban J connectivity index is 1.95. The Bertz CT molecular complexity index is 672. The SMILES string of the molecule is C[C@H]1CN(c2ccncc2[N+](=O)[O-])C[C@@H]2[C@@H]1OC(=O)N2C(C)(C)C. The fraction of sp³-hybridized carbons (Fsp3) is 0.625. The molecule has 0 spiro atoms. The average molecular weight is 334 g/mol. The van der Waals surface area contributed by atoms with Crippen LogP contribution in [0.4, 0.5) is 16.2 Å². The minimum Gasteiger partial charge on any atom is -0.443 e. The van der Waals surface area contributed by atoms with Crippen LogP contribution in [0.3, 0.4) is 0 Å². The summed E-state index contributed by atoms with van der Waals surface area (Å²) in [6.07, 6.45) is 2.32. The summed E-state index contributed by atoms with van der Waals surface area (Å²) in [7, 11) is 0. The monoisotopic (exact) mass is 334 g/mol. The number of hydrogen-bond donors (Lipinski definition) is 0. The van der Waals surface area contributed by atoms with E-state index in [1.165, 1.54) is 6.20 Å². The highest BCUT2D eigenvalue weighted by molar-refractivity contribution is 5.72. The van der Waals surface area contributed by atoms with Gasteiger partial charge in [-0.3, -0.25) is 20.0 Å². The summed E-state index contributed by atoms with van der Waals surface area (Å²) in [5.74, 6) is 0.0767. The molecule has 0 aliphatic carbocycles. The second kappa shape index (κ2) is 5.61. The molecule has 1 aromatic rings. The number of nitrogens with zero attached hydrogens (tertiary/aromatic N) is 4. The number of fused-ring (bicyclic) bond motifs is 1. The van der Waals surface area contributed by atoms with Crippen LogP contribution in [-0.4, -0.2) is 51.7 Å². The number of rotatable bonds is 2. The van der Waals surface area contributed by atoms with Crippen molar-refractivity contribution in [1.82, 2.24) is 9.88 Å². The number of carbonyl (C=O) groups is 1. The predicted octanol–water partition coefficient (Wildman–Crippen LogP) is 2.43. The van der Waals surface area contributed by atoms with Crippen molar-refractivity contribution in [3.05, 3.63) is 28.6 Å². The third-order valence-corrected chi connectivity index (χ3v) is 4.66. The number of aromatic nitrogens is 1. The molecule has 1 amide bonds. The van der Waals surface area contributed by atoms with E-state index in [-0.39, 0.29) is 35.4 Å². The van der Waals surface area contributed by atoms with Crippen LogP contribution in [0.5, 0.6) is 0 Å². The first-order valence-electron chi connectivity index (χ1n) is 8.03. The molecule has 0 saturated carbocycles. The van der Waals surface area contributed by atoms with Crippen molar-refractivity contribution in [3.63, 3.8) is 0 Å². The summed E-state index contributed by atoms with van der Waals surface area (Å²) < 4.78 is 5.59. The number of piperidine rings is 1. The van der Waals surface area contributed by atoms with Gasteiger partial charge in [-0.05, 0) is 26.8 Å². The lowest BCUT2D eigenvalue weighted by atomic mass is 9.89. The molecule has 24 heavy (non-hydrogen) atoms. The summed E-state index contributed by atoms with van der Waals surface area (Å²) >= 11 is 0. The van der Waals surface area contributed by atoms with Gasteiger partial charge in [-0.1, -0.05) is 6.92 Å². The third kappa shape index (κ3) is 2.65. The summed E-state index contributed by atoms with van der Waals surface area (Å²) in [5, 5.41) is 11.3. The van der Waals surface area contributed by atoms with Crippen LogP contribution < -0.4 is 4.90 Å². The highest BCUT2D eigenvalue weighted by Crippen LogP contribution is 2.38. The summed E-state index contributed by atoms with van der Waals surface area (Å²) in [5.41, 5.74) is 0.146. The zero-order valence-electron chi connectivity index (χ0n) is 14.3. The average Bonchev–Trinajstić information content (AvgIpc) is 2.83. The van der Waals surface area contributed by atoms with Gasteiger partial charge in [-0.15, -0.1) is 0 Å². The number of ether oxygens (including phenoxy) is 1. The van der Waals surface area contributed by atoms with Crippen molar-refractivity contribution in [2.45, 2.75) is 45.4 Å². The van der Waals surface area contributed by atoms with Crippen molar-refractivity contribution in [1.29, 1.82) is 0 Å². The quantitative estimate of drug-likeness (QED) is 0.609.